The molecule has 0 aliphatic heterocycles. The van der Waals surface area contributed by atoms with Gasteiger partial charge in [-0.15, -0.1) is 0 Å². The highest BCUT2D eigenvalue weighted by Gasteiger charge is 2.11. The zero-order valence-corrected chi connectivity index (χ0v) is 17.2. The number of rotatable bonds is 7. The molecule has 0 N–H and O–H groups in total. The lowest BCUT2D eigenvalue weighted by molar-refractivity contribution is 0.0734. The second-order valence-corrected chi connectivity index (χ2v) is 6.67. The topological polar surface area (TPSA) is 61.8 Å². The Labute approximate surface area is 179 Å². The Kier molecular flexibility index (Phi) is 6.88. The molecular weight excluding hydrogens is 404 g/mol. The lowest BCUT2D eigenvalue weighted by atomic mass is 10.1. The number of benzene rings is 3. The van der Waals surface area contributed by atoms with Crippen LogP contribution in [0.15, 0.2) is 72.8 Å². The molecule has 0 saturated carbocycles. The molecule has 0 aliphatic rings. The normalized spacial score (nSPS) is 10.6. The third-order valence-electron chi connectivity index (χ3n) is 4.27. The quantitative estimate of drug-likeness (QED) is 0.218. The minimum absolute atomic E-state index is 0.219. The number of methoxy groups -OCH3 is 2. The van der Waals surface area contributed by atoms with Crippen molar-refractivity contribution in [2.45, 2.75) is 0 Å². The van der Waals surface area contributed by atoms with Crippen molar-refractivity contribution in [1.29, 1.82) is 0 Å². The molecule has 0 spiro atoms. The second-order valence-electron chi connectivity index (χ2n) is 6.23. The van der Waals surface area contributed by atoms with E-state index in [0.717, 1.165) is 5.56 Å². The van der Waals surface area contributed by atoms with E-state index in [0.29, 0.717) is 33.4 Å². The fourth-order valence-electron chi connectivity index (χ4n) is 2.67. The summed E-state index contributed by atoms with van der Waals surface area (Å²) in [5.41, 5.74) is 1.58. The molecule has 0 fully saturated rings. The molecule has 5 nitrogen and oxygen atoms in total. The van der Waals surface area contributed by atoms with E-state index in [1.54, 1.807) is 72.8 Å². The third kappa shape index (κ3) is 5.27. The van der Waals surface area contributed by atoms with E-state index in [1.165, 1.54) is 20.3 Å². The SMILES string of the molecule is COc1ccc(OC)c(C(=O)C=Cc2ccc(OC(=O)c3ccc(Cl)cc3)cc2)c1. The molecule has 0 saturated heterocycles. The van der Waals surface area contributed by atoms with E-state index in [2.05, 4.69) is 0 Å². The van der Waals surface area contributed by atoms with Gasteiger partial charge < -0.3 is 14.2 Å². The summed E-state index contributed by atoms with van der Waals surface area (Å²) in [7, 11) is 3.04. The third-order valence-corrected chi connectivity index (χ3v) is 4.52. The second kappa shape index (κ2) is 9.76. The van der Waals surface area contributed by atoms with Gasteiger partial charge in [-0.1, -0.05) is 29.8 Å². The first-order valence-corrected chi connectivity index (χ1v) is 9.40. The molecule has 152 valence electrons. The number of carbonyl (C=O) groups excluding carboxylic acids is 2. The van der Waals surface area contributed by atoms with E-state index < -0.39 is 5.97 Å². The maximum atomic E-state index is 12.6. The molecule has 0 atom stereocenters. The van der Waals surface area contributed by atoms with Crippen LogP contribution < -0.4 is 14.2 Å². The highest BCUT2D eigenvalue weighted by atomic mass is 35.5. The van der Waals surface area contributed by atoms with Crippen LogP contribution in [0.2, 0.25) is 5.02 Å². The number of ketones is 1. The van der Waals surface area contributed by atoms with Crippen molar-refractivity contribution in [3.05, 3.63) is 94.5 Å². The Bertz CT molecular complexity index is 1070. The Morgan fingerprint density at radius 1 is 0.833 bits per heavy atom. The molecule has 6 heteroatoms. The number of hydrogen-bond acceptors (Lipinski definition) is 5. The van der Waals surface area contributed by atoms with Gasteiger partial charge in [0.15, 0.2) is 5.78 Å². The van der Waals surface area contributed by atoms with E-state index in [4.69, 9.17) is 25.8 Å². The molecule has 0 unspecified atom stereocenters. The van der Waals surface area contributed by atoms with Crippen LogP contribution in [0.1, 0.15) is 26.3 Å². The van der Waals surface area contributed by atoms with Gasteiger partial charge in [0.25, 0.3) is 0 Å². The first-order chi connectivity index (χ1) is 14.5. The van der Waals surface area contributed by atoms with Crippen molar-refractivity contribution in [2.75, 3.05) is 14.2 Å². The molecule has 3 aromatic rings. The Hall–Kier alpha value is -3.57. The first-order valence-electron chi connectivity index (χ1n) is 9.02. The maximum Gasteiger partial charge on any atom is 0.343 e. The van der Waals surface area contributed by atoms with Crippen molar-refractivity contribution in [3.8, 4) is 17.2 Å². The van der Waals surface area contributed by atoms with Gasteiger partial charge in [-0.3, -0.25) is 4.79 Å². The average molecular weight is 423 g/mol. The fraction of sp³-hybridized carbons (Fsp3) is 0.0833. The van der Waals surface area contributed by atoms with E-state index in [1.807, 2.05) is 0 Å². The molecule has 0 radical (unpaired) electrons. The fourth-order valence-corrected chi connectivity index (χ4v) is 2.79. The molecule has 0 aromatic heterocycles. The van der Waals surface area contributed by atoms with Crippen LogP contribution in [-0.2, 0) is 0 Å². The average Bonchev–Trinajstić information content (AvgIpc) is 2.78. The number of esters is 1. The smallest absolute Gasteiger partial charge is 0.343 e. The van der Waals surface area contributed by atoms with E-state index in [9.17, 15) is 9.59 Å². The van der Waals surface area contributed by atoms with Crippen LogP contribution in [0.25, 0.3) is 6.08 Å². The van der Waals surface area contributed by atoms with Gasteiger partial charge in [0.1, 0.15) is 17.2 Å². The van der Waals surface area contributed by atoms with Crippen molar-refractivity contribution in [3.63, 3.8) is 0 Å². The van der Waals surface area contributed by atoms with Crippen LogP contribution in [0, 0.1) is 0 Å². The predicted octanol–water partition coefficient (Wildman–Crippen LogP) is 5.47. The van der Waals surface area contributed by atoms with Crippen molar-refractivity contribution >= 4 is 29.4 Å². The maximum absolute atomic E-state index is 12.6. The molecular formula is C24H19ClO5. The minimum atomic E-state index is -0.477. The molecule has 0 aliphatic carbocycles. The Balaban J connectivity index is 1.68. The molecule has 30 heavy (non-hydrogen) atoms. The van der Waals surface area contributed by atoms with Crippen molar-refractivity contribution < 1.29 is 23.8 Å². The summed E-state index contributed by atoms with van der Waals surface area (Å²) in [6, 6.07) is 18.3. The molecule has 0 bridgehead atoms. The van der Waals surface area contributed by atoms with Gasteiger partial charge >= 0.3 is 5.97 Å². The molecule has 0 amide bonds. The van der Waals surface area contributed by atoms with Gasteiger partial charge in [-0.2, -0.15) is 0 Å². The summed E-state index contributed by atoms with van der Waals surface area (Å²) >= 11 is 5.82. The summed E-state index contributed by atoms with van der Waals surface area (Å²) in [5, 5.41) is 0.545. The number of halogens is 1. The van der Waals surface area contributed by atoms with Crippen molar-refractivity contribution in [1.82, 2.24) is 0 Å². The Morgan fingerprint density at radius 2 is 1.50 bits per heavy atom. The Morgan fingerprint density at radius 3 is 2.13 bits per heavy atom. The first kappa shape index (κ1) is 21.1. The van der Waals surface area contributed by atoms with Gasteiger partial charge in [0.05, 0.1) is 25.3 Å². The highest BCUT2D eigenvalue weighted by molar-refractivity contribution is 6.30. The summed E-state index contributed by atoms with van der Waals surface area (Å²) in [6.45, 7) is 0. The van der Waals surface area contributed by atoms with Crippen molar-refractivity contribution in [2.24, 2.45) is 0 Å². The number of allylic oxidation sites excluding steroid dienone is 1. The summed E-state index contributed by atoms with van der Waals surface area (Å²) in [6.07, 6.45) is 3.12. The van der Waals surface area contributed by atoms with E-state index in [-0.39, 0.29) is 5.78 Å². The lowest BCUT2D eigenvalue weighted by Gasteiger charge is -2.08. The number of carbonyl (C=O) groups is 2. The highest BCUT2D eigenvalue weighted by Crippen LogP contribution is 2.25. The lowest BCUT2D eigenvalue weighted by Crippen LogP contribution is -2.08. The summed E-state index contributed by atoms with van der Waals surface area (Å²) in [4.78, 5) is 24.7. The van der Waals surface area contributed by atoms with E-state index >= 15 is 0 Å². The van der Waals surface area contributed by atoms with Gasteiger partial charge in [-0.05, 0) is 66.2 Å². The van der Waals surface area contributed by atoms with Crippen LogP contribution in [0.3, 0.4) is 0 Å². The van der Waals surface area contributed by atoms with Crippen LogP contribution >= 0.6 is 11.6 Å². The van der Waals surface area contributed by atoms with Gasteiger partial charge in [0, 0.05) is 5.02 Å². The summed E-state index contributed by atoms with van der Waals surface area (Å²) in [5.74, 6) is 0.737. The van der Waals surface area contributed by atoms with Gasteiger partial charge in [0.2, 0.25) is 0 Å². The van der Waals surface area contributed by atoms with Crippen LogP contribution in [0.5, 0.6) is 17.2 Å². The van der Waals surface area contributed by atoms with Crippen LogP contribution in [0.4, 0.5) is 0 Å². The molecule has 3 rings (SSSR count). The molecule has 0 heterocycles. The zero-order chi connectivity index (χ0) is 21.5. The largest absolute Gasteiger partial charge is 0.497 e. The predicted molar refractivity (Wildman–Crippen MR) is 116 cm³/mol. The monoisotopic (exact) mass is 422 g/mol. The number of hydrogen-bond donors (Lipinski definition) is 0. The standard InChI is InChI=1S/C24H19ClO5/c1-28-20-12-14-23(29-2)21(15-20)22(26)13-5-16-3-10-19(11-4-16)30-24(27)17-6-8-18(25)9-7-17/h3-15H,1-2H3. The minimum Gasteiger partial charge on any atom is -0.497 e. The van der Waals surface area contributed by atoms with Crippen LogP contribution in [-0.4, -0.2) is 26.0 Å². The summed E-state index contributed by atoms with van der Waals surface area (Å²) < 4.78 is 15.8. The molecule has 3 aromatic carbocycles. The zero-order valence-electron chi connectivity index (χ0n) is 16.4. The van der Waals surface area contributed by atoms with Gasteiger partial charge in [-0.25, -0.2) is 4.79 Å². The number of ether oxygens (including phenoxy) is 3.